The molecule has 4 nitrogen and oxygen atoms in total. The van der Waals surface area contributed by atoms with E-state index in [-0.39, 0.29) is 12.4 Å². The summed E-state index contributed by atoms with van der Waals surface area (Å²) in [5.41, 5.74) is 2.39. The number of hydrogen-bond donors (Lipinski definition) is 1. The van der Waals surface area contributed by atoms with Crippen molar-refractivity contribution in [1.82, 2.24) is 0 Å². The second-order valence-electron chi connectivity index (χ2n) is 4.71. The highest BCUT2D eigenvalue weighted by Gasteiger charge is 2.20. The Morgan fingerprint density at radius 2 is 2.21 bits per heavy atom. The van der Waals surface area contributed by atoms with Gasteiger partial charge in [0.2, 0.25) is 5.76 Å². The highest BCUT2D eigenvalue weighted by Crippen LogP contribution is 2.30. The number of carboxylic acids is 1. The van der Waals surface area contributed by atoms with Gasteiger partial charge in [-0.25, -0.2) is 4.79 Å². The van der Waals surface area contributed by atoms with Gasteiger partial charge in [-0.05, 0) is 30.0 Å². The maximum Gasteiger partial charge on any atom is 0.372 e. The third-order valence-corrected chi connectivity index (χ3v) is 3.48. The number of aromatic carboxylic acids is 1. The van der Waals surface area contributed by atoms with Crippen LogP contribution in [0.25, 0.3) is 11.0 Å². The second kappa shape index (κ2) is 5.45. The van der Waals surface area contributed by atoms with E-state index in [0.717, 1.165) is 11.8 Å². The van der Waals surface area contributed by atoms with E-state index in [0.29, 0.717) is 17.1 Å². The SMILES string of the molecule is CCC(C)c1ccc2oc(C(=O)O)c(COC)c2c1. The van der Waals surface area contributed by atoms with Gasteiger partial charge in [-0.2, -0.15) is 0 Å². The number of fused-ring (bicyclic) bond motifs is 1. The molecule has 0 saturated heterocycles. The quantitative estimate of drug-likeness (QED) is 0.890. The number of carbonyl (C=O) groups is 1. The lowest BCUT2D eigenvalue weighted by Crippen LogP contribution is -2.00. The second-order valence-corrected chi connectivity index (χ2v) is 4.71. The predicted octanol–water partition coefficient (Wildman–Crippen LogP) is 3.79. The summed E-state index contributed by atoms with van der Waals surface area (Å²) < 4.78 is 10.5. The van der Waals surface area contributed by atoms with Crippen molar-refractivity contribution < 1.29 is 19.1 Å². The molecule has 0 fully saturated rings. The molecule has 0 aliphatic carbocycles. The summed E-state index contributed by atoms with van der Waals surface area (Å²) in [4.78, 5) is 11.2. The van der Waals surface area contributed by atoms with E-state index in [2.05, 4.69) is 13.8 Å². The van der Waals surface area contributed by atoms with Crippen LogP contribution in [0.15, 0.2) is 22.6 Å². The van der Waals surface area contributed by atoms with Gasteiger partial charge in [0.05, 0.1) is 6.61 Å². The highest BCUT2D eigenvalue weighted by atomic mass is 16.5. The van der Waals surface area contributed by atoms with Gasteiger partial charge in [-0.1, -0.05) is 19.9 Å². The van der Waals surface area contributed by atoms with E-state index in [1.54, 1.807) is 7.11 Å². The summed E-state index contributed by atoms with van der Waals surface area (Å²) >= 11 is 0. The molecule has 0 amide bonds. The monoisotopic (exact) mass is 262 g/mol. The van der Waals surface area contributed by atoms with Crippen molar-refractivity contribution in [3.05, 3.63) is 35.1 Å². The van der Waals surface area contributed by atoms with Crippen LogP contribution in [0.3, 0.4) is 0 Å². The summed E-state index contributed by atoms with van der Waals surface area (Å²) in [7, 11) is 1.54. The summed E-state index contributed by atoms with van der Waals surface area (Å²) in [5.74, 6) is -0.658. The number of hydrogen-bond acceptors (Lipinski definition) is 3. The van der Waals surface area contributed by atoms with Crippen LogP contribution in [0.4, 0.5) is 0 Å². The minimum atomic E-state index is -1.06. The first kappa shape index (κ1) is 13.6. The molecule has 1 aromatic heterocycles. The molecule has 0 aliphatic heterocycles. The van der Waals surface area contributed by atoms with Gasteiger partial charge in [0.15, 0.2) is 0 Å². The Morgan fingerprint density at radius 3 is 2.79 bits per heavy atom. The van der Waals surface area contributed by atoms with Crippen molar-refractivity contribution in [2.24, 2.45) is 0 Å². The smallest absolute Gasteiger partial charge is 0.372 e. The van der Waals surface area contributed by atoms with E-state index in [4.69, 9.17) is 14.3 Å². The average molecular weight is 262 g/mol. The van der Waals surface area contributed by atoms with Gasteiger partial charge in [0, 0.05) is 18.1 Å². The molecule has 19 heavy (non-hydrogen) atoms. The summed E-state index contributed by atoms with van der Waals surface area (Å²) in [6.07, 6.45) is 1.04. The first-order chi connectivity index (χ1) is 9.08. The van der Waals surface area contributed by atoms with E-state index < -0.39 is 5.97 Å². The molecular formula is C15H18O4. The Hall–Kier alpha value is -1.81. The Labute approximate surface area is 112 Å². The Balaban J connectivity index is 2.62. The van der Waals surface area contributed by atoms with Gasteiger partial charge in [-0.15, -0.1) is 0 Å². The molecule has 1 aromatic carbocycles. The maximum atomic E-state index is 11.2. The van der Waals surface area contributed by atoms with Gasteiger partial charge in [0.25, 0.3) is 0 Å². The van der Waals surface area contributed by atoms with Crippen LogP contribution in [0.2, 0.25) is 0 Å². The van der Waals surface area contributed by atoms with E-state index >= 15 is 0 Å². The summed E-state index contributed by atoms with van der Waals surface area (Å²) in [5, 5.41) is 10.00. The van der Waals surface area contributed by atoms with Crippen molar-refractivity contribution in [3.63, 3.8) is 0 Å². The number of furan rings is 1. The van der Waals surface area contributed by atoms with Gasteiger partial charge in [-0.3, -0.25) is 0 Å². The van der Waals surface area contributed by atoms with E-state index in [9.17, 15) is 4.79 Å². The minimum absolute atomic E-state index is 0.0295. The number of benzene rings is 1. The van der Waals surface area contributed by atoms with Crippen molar-refractivity contribution in [3.8, 4) is 0 Å². The lowest BCUT2D eigenvalue weighted by Gasteiger charge is -2.08. The molecule has 1 heterocycles. The van der Waals surface area contributed by atoms with Crippen molar-refractivity contribution in [2.75, 3.05) is 7.11 Å². The molecular weight excluding hydrogens is 244 g/mol. The fourth-order valence-corrected chi connectivity index (χ4v) is 2.17. The van der Waals surface area contributed by atoms with E-state index in [1.165, 1.54) is 5.56 Å². The largest absolute Gasteiger partial charge is 0.475 e. The number of carboxylic acid groups (broad SMARTS) is 1. The van der Waals surface area contributed by atoms with Crippen LogP contribution < -0.4 is 0 Å². The molecule has 2 rings (SSSR count). The zero-order valence-electron chi connectivity index (χ0n) is 11.4. The fourth-order valence-electron chi connectivity index (χ4n) is 2.17. The number of ether oxygens (including phenoxy) is 1. The molecule has 0 aliphatic rings. The predicted molar refractivity (Wildman–Crippen MR) is 72.6 cm³/mol. The Morgan fingerprint density at radius 1 is 1.47 bits per heavy atom. The van der Waals surface area contributed by atoms with Crippen molar-refractivity contribution in [1.29, 1.82) is 0 Å². The molecule has 2 aromatic rings. The number of rotatable bonds is 5. The molecule has 0 spiro atoms. The molecule has 0 bridgehead atoms. The minimum Gasteiger partial charge on any atom is -0.475 e. The molecule has 4 heteroatoms. The van der Waals surface area contributed by atoms with Gasteiger partial charge < -0.3 is 14.3 Å². The molecule has 0 radical (unpaired) electrons. The van der Waals surface area contributed by atoms with Crippen molar-refractivity contribution in [2.45, 2.75) is 32.8 Å². The highest BCUT2D eigenvalue weighted by molar-refractivity contribution is 5.95. The number of methoxy groups -OCH3 is 1. The standard InChI is InChI=1S/C15H18O4/c1-4-9(2)10-5-6-13-11(7-10)12(8-18-3)14(19-13)15(16)17/h5-7,9H,4,8H2,1-3H3,(H,16,17). The third kappa shape index (κ3) is 2.49. The zero-order chi connectivity index (χ0) is 14.0. The normalized spacial score (nSPS) is 12.8. The summed E-state index contributed by atoms with van der Waals surface area (Å²) in [6, 6.07) is 5.83. The molecule has 1 atom stereocenters. The zero-order valence-corrected chi connectivity index (χ0v) is 11.4. The summed E-state index contributed by atoms with van der Waals surface area (Å²) in [6.45, 7) is 4.51. The Kier molecular flexibility index (Phi) is 3.90. The maximum absolute atomic E-state index is 11.2. The van der Waals surface area contributed by atoms with Crippen LogP contribution in [-0.2, 0) is 11.3 Å². The van der Waals surface area contributed by atoms with Crippen LogP contribution in [0, 0.1) is 0 Å². The van der Waals surface area contributed by atoms with E-state index in [1.807, 2.05) is 18.2 Å². The van der Waals surface area contributed by atoms with Crippen LogP contribution >= 0.6 is 0 Å². The van der Waals surface area contributed by atoms with Crippen LogP contribution in [0.1, 0.15) is 47.9 Å². The first-order valence-corrected chi connectivity index (χ1v) is 6.36. The third-order valence-electron chi connectivity index (χ3n) is 3.48. The lowest BCUT2D eigenvalue weighted by molar-refractivity contribution is 0.0658. The van der Waals surface area contributed by atoms with Crippen LogP contribution in [0.5, 0.6) is 0 Å². The molecule has 102 valence electrons. The molecule has 1 unspecified atom stereocenters. The molecule has 0 saturated carbocycles. The fraction of sp³-hybridized carbons (Fsp3) is 0.400. The van der Waals surface area contributed by atoms with Crippen molar-refractivity contribution >= 4 is 16.9 Å². The first-order valence-electron chi connectivity index (χ1n) is 6.36. The van der Waals surface area contributed by atoms with Crippen LogP contribution in [-0.4, -0.2) is 18.2 Å². The lowest BCUT2D eigenvalue weighted by atomic mass is 9.96. The van der Waals surface area contributed by atoms with Gasteiger partial charge >= 0.3 is 5.97 Å². The van der Waals surface area contributed by atoms with Gasteiger partial charge in [0.1, 0.15) is 5.58 Å². The average Bonchev–Trinajstić information content (AvgIpc) is 2.77. The Bertz CT molecular complexity index is 597. The molecule has 1 N–H and O–H groups in total. The topological polar surface area (TPSA) is 59.7 Å².